The summed E-state index contributed by atoms with van der Waals surface area (Å²) < 4.78 is 0. The first kappa shape index (κ1) is 13.9. The number of carbonyl (C=O) groups excluding carboxylic acids is 1. The van der Waals surface area contributed by atoms with Crippen LogP contribution in [0, 0.1) is 11.3 Å². The summed E-state index contributed by atoms with van der Waals surface area (Å²) >= 11 is 0. The molecule has 4 nitrogen and oxygen atoms in total. The van der Waals surface area contributed by atoms with Crippen LogP contribution in [0.15, 0.2) is 36.4 Å². The summed E-state index contributed by atoms with van der Waals surface area (Å²) in [5.74, 6) is -0.119. The molecule has 0 aliphatic carbocycles. The van der Waals surface area contributed by atoms with Gasteiger partial charge in [0, 0.05) is 18.8 Å². The Labute approximate surface area is 118 Å². The molecule has 2 N–H and O–H groups in total. The minimum atomic E-state index is -0.119. The highest BCUT2D eigenvalue weighted by Gasteiger charge is 2.17. The summed E-state index contributed by atoms with van der Waals surface area (Å²) in [6, 6.07) is 13.5. The van der Waals surface area contributed by atoms with Crippen molar-refractivity contribution in [2.45, 2.75) is 13.3 Å². The lowest BCUT2D eigenvalue weighted by atomic mass is 10.0. The molecule has 1 amide bonds. The average Bonchev–Trinajstić information content (AvgIpc) is 2.47. The smallest absolute Gasteiger partial charge is 0.255 e. The Morgan fingerprint density at radius 3 is 2.55 bits per heavy atom. The van der Waals surface area contributed by atoms with Crippen LogP contribution in [0.4, 0.5) is 5.69 Å². The summed E-state index contributed by atoms with van der Waals surface area (Å²) in [4.78, 5) is 14.1. The first-order valence-corrected chi connectivity index (χ1v) is 6.62. The number of fused-ring (bicyclic) bond motifs is 1. The number of hydrogen-bond acceptors (Lipinski definition) is 3. The lowest BCUT2D eigenvalue weighted by molar-refractivity contribution is 0.0769. The van der Waals surface area contributed by atoms with Gasteiger partial charge in [-0.05, 0) is 29.8 Å². The predicted molar refractivity (Wildman–Crippen MR) is 80.2 cm³/mol. The minimum Gasteiger partial charge on any atom is -0.398 e. The molecule has 102 valence electrons. The zero-order chi connectivity index (χ0) is 14.5. The summed E-state index contributed by atoms with van der Waals surface area (Å²) in [7, 11) is 0. The number of nitriles is 1. The van der Waals surface area contributed by atoms with Crippen molar-refractivity contribution in [3.05, 3.63) is 42.0 Å². The molecule has 4 heteroatoms. The zero-order valence-electron chi connectivity index (χ0n) is 11.5. The Morgan fingerprint density at radius 2 is 1.95 bits per heavy atom. The van der Waals surface area contributed by atoms with E-state index in [1.54, 1.807) is 4.90 Å². The maximum Gasteiger partial charge on any atom is 0.255 e. The van der Waals surface area contributed by atoms with Crippen LogP contribution >= 0.6 is 0 Å². The highest BCUT2D eigenvalue weighted by atomic mass is 16.2. The van der Waals surface area contributed by atoms with Gasteiger partial charge in [-0.15, -0.1) is 0 Å². The first-order chi connectivity index (χ1) is 9.67. The predicted octanol–water partition coefficient (Wildman–Crippen LogP) is 2.80. The third-order valence-corrected chi connectivity index (χ3v) is 3.31. The molecular formula is C16H17N3O. The van der Waals surface area contributed by atoms with Gasteiger partial charge in [-0.25, -0.2) is 0 Å². The summed E-state index contributed by atoms with van der Waals surface area (Å²) in [6.07, 6.45) is 0.326. The van der Waals surface area contributed by atoms with Gasteiger partial charge >= 0.3 is 0 Å². The lowest BCUT2D eigenvalue weighted by Gasteiger charge is -2.20. The van der Waals surface area contributed by atoms with E-state index in [1.165, 1.54) is 0 Å². The molecule has 0 atom stereocenters. The molecule has 20 heavy (non-hydrogen) atoms. The third-order valence-electron chi connectivity index (χ3n) is 3.31. The number of anilines is 1. The molecule has 2 rings (SSSR count). The monoisotopic (exact) mass is 267 g/mol. The molecule has 0 radical (unpaired) electrons. The minimum absolute atomic E-state index is 0.119. The molecule has 0 aliphatic rings. The van der Waals surface area contributed by atoms with Gasteiger partial charge in [0.2, 0.25) is 0 Å². The van der Waals surface area contributed by atoms with Crippen molar-refractivity contribution in [2.75, 3.05) is 18.8 Å². The van der Waals surface area contributed by atoms with Gasteiger partial charge in [-0.2, -0.15) is 5.26 Å². The highest BCUT2D eigenvalue weighted by Crippen LogP contribution is 2.23. The van der Waals surface area contributed by atoms with Crippen molar-refractivity contribution in [2.24, 2.45) is 0 Å². The van der Waals surface area contributed by atoms with E-state index in [4.69, 9.17) is 11.0 Å². The second-order valence-electron chi connectivity index (χ2n) is 4.58. The molecule has 0 unspecified atom stereocenters. The van der Waals surface area contributed by atoms with E-state index in [1.807, 2.05) is 43.3 Å². The number of carbonyl (C=O) groups is 1. The van der Waals surface area contributed by atoms with Crippen molar-refractivity contribution in [1.29, 1.82) is 5.26 Å². The van der Waals surface area contributed by atoms with E-state index in [0.29, 0.717) is 30.8 Å². The summed E-state index contributed by atoms with van der Waals surface area (Å²) in [5.41, 5.74) is 6.98. The topological polar surface area (TPSA) is 70.1 Å². The quantitative estimate of drug-likeness (QED) is 0.866. The van der Waals surface area contributed by atoms with Crippen LogP contribution in [-0.4, -0.2) is 23.9 Å². The lowest BCUT2D eigenvalue weighted by Crippen LogP contribution is -2.32. The van der Waals surface area contributed by atoms with E-state index in [2.05, 4.69) is 6.07 Å². The average molecular weight is 267 g/mol. The number of nitrogens with zero attached hydrogens (tertiary/aromatic N) is 2. The van der Waals surface area contributed by atoms with Crippen LogP contribution in [-0.2, 0) is 0 Å². The van der Waals surface area contributed by atoms with Crippen molar-refractivity contribution < 1.29 is 4.79 Å². The van der Waals surface area contributed by atoms with E-state index in [0.717, 1.165) is 10.8 Å². The van der Waals surface area contributed by atoms with Gasteiger partial charge in [-0.3, -0.25) is 4.79 Å². The maximum absolute atomic E-state index is 12.5. The molecular weight excluding hydrogens is 250 g/mol. The van der Waals surface area contributed by atoms with Gasteiger partial charge in [0.1, 0.15) is 0 Å². The van der Waals surface area contributed by atoms with Crippen molar-refractivity contribution in [1.82, 2.24) is 4.90 Å². The van der Waals surface area contributed by atoms with E-state index in [9.17, 15) is 4.79 Å². The largest absolute Gasteiger partial charge is 0.398 e. The van der Waals surface area contributed by atoms with E-state index in [-0.39, 0.29) is 5.91 Å². The number of nitrogens with two attached hydrogens (primary N) is 1. The normalized spacial score (nSPS) is 10.2. The molecule has 0 aromatic heterocycles. The molecule has 2 aromatic carbocycles. The van der Waals surface area contributed by atoms with Crippen LogP contribution in [0.5, 0.6) is 0 Å². The van der Waals surface area contributed by atoms with Crippen LogP contribution < -0.4 is 5.73 Å². The van der Waals surface area contributed by atoms with Crippen molar-refractivity contribution in [3.8, 4) is 6.07 Å². The van der Waals surface area contributed by atoms with Crippen LogP contribution in [0.25, 0.3) is 10.8 Å². The summed E-state index contributed by atoms with van der Waals surface area (Å²) in [6.45, 7) is 2.89. The second kappa shape index (κ2) is 6.07. The standard InChI is InChI=1S/C16H17N3O/c1-2-19(9-5-8-17)16(20)14-10-12-6-3-4-7-13(12)11-15(14)18/h3-4,6-7,10-11H,2,5,9,18H2,1H3. The fourth-order valence-corrected chi connectivity index (χ4v) is 2.20. The molecule has 0 saturated carbocycles. The number of rotatable bonds is 4. The Balaban J connectivity index is 2.38. The van der Waals surface area contributed by atoms with Crippen LogP contribution in [0.1, 0.15) is 23.7 Å². The number of hydrogen-bond donors (Lipinski definition) is 1. The number of benzene rings is 2. The highest BCUT2D eigenvalue weighted by molar-refractivity contribution is 6.03. The van der Waals surface area contributed by atoms with E-state index >= 15 is 0 Å². The summed E-state index contributed by atoms with van der Waals surface area (Å²) in [5, 5.41) is 10.6. The molecule has 0 heterocycles. The van der Waals surface area contributed by atoms with Gasteiger partial charge in [0.05, 0.1) is 18.1 Å². The van der Waals surface area contributed by atoms with E-state index < -0.39 is 0 Å². The third kappa shape index (κ3) is 2.72. The molecule has 0 saturated heterocycles. The number of nitrogen functional groups attached to an aromatic ring is 1. The molecule has 0 spiro atoms. The Bertz CT molecular complexity index is 673. The Morgan fingerprint density at radius 1 is 1.30 bits per heavy atom. The fraction of sp³-hybridized carbons (Fsp3) is 0.250. The maximum atomic E-state index is 12.5. The van der Waals surface area contributed by atoms with Gasteiger partial charge in [0.25, 0.3) is 5.91 Å². The molecule has 0 fully saturated rings. The van der Waals surface area contributed by atoms with Crippen molar-refractivity contribution in [3.63, 3.8) is 0 Å². The molecule has 0 bridgehead atoms. The fourth-order valence-electron chi connectivity index (χ4n) is 2.20. The Kier molecular flexibility index (Phi) is 4.21. The Hall–Kier alpha value is -2.54. The van der Waals surface area contributed by atoms with Gasteiger partial charge < -0.3 is 10.6 Å². The zero-order valence-corrected chi connectivity index (χ0v) is 11.5. The molecule has 2 aromatic rings. The van der Waals surface area contributed by atoms with Crippen molar-refractivity contribution >= 4 is 22.4 Å². The van der Waals surface area contributed by atoms with Gasteiger partial charge in [-0.1, -0.05) is 24.3 Å². The van der Waals surface area contributed by atoms with Crippen LogP contribution in [0.2, 0.25) is 0 Å². The van der Waals surface area contributed by atoms with Gasteiger partial charge in [0.15, 0.2) is 0 Å². The second-order valence-corrected chi connectivity index (χ2v) is 4.58. The molecule has 0 aliphatic heterocycles. The first-order valence-electron chi connectivity index (χ1n) is 6.62. The SMILES string of the molecule is CCN(CCC#N)C(=O)c1cc2ccccc2cc1N. The van der Waals surface area contributed by atoms with Crippen LogP contribution in [0.3, 0.4) is 0 Å². The number of amides is 1.